The van der Waals surface area contributed by atoms with Gasteiger partial charge in [-0.05, 0) is 36.8 Å². The third-order valence-corrected chi connectivity index (χ3v) is 3.34. The summed E-state index contributed by atoms with van der Waals surface area (Å²) in [5.74, 6) is -1.84. The lowest BCUT2D eigenvalue weighted by atomic mass is 10.1. The van der Waals surface area contributed by atoms with Gasteiger partial charge in [0.15, 0.2) is 11.6 Å². The number of hydrogen-bond donors (Lipinski definition) is 1. The van der Waals surface area contributed by atoms with Gasteiger partial charge >= 0.3 is 0 Å². The molecule has 1 aromatic carbocycles. The predicted octanol–water partition coefficient (Wildman–Crippen LogP) is 3.42. The van der Waals surface area contributed by atoms with E-state index in [2.05, 4.69) is 0 Å². The van der Waals surface area contributed by atoms with Gasteiger partial charge in [-0.2, -0.15) is 0 Å². The molecule has 0 saturated heterocycles. The second-order valence-electron chi connectivity index (χ2n) is 3.52. The molecule has 0 unspecified atom stereocenters. The fourth-order valence-corrected chi connectivity index (χ4v) is 2.34. The van der Waals surface area contributed by atoms with Crippen LogP contribution in [0.15, 0.2) is 30.3 Å². The molecule has 4 heteroatoms. The van der Waals surface area contributed by atoms with Crippen molar-refractivity contribution in [1.82, 2.24) is 0 Å². The maximum absolute atomic E-state index is 13.0. The van der Waals surface area contributed by atoms with Gasteiger partial charge in [-0.25, -0.2) is 8.78 Å². The zero-order chi connectivity index (χ0) is 11.7. The van der Waals surface area contributed by atoms with Crippen LogP contribution in [-0.4, -0.2) is 5.11 Å². The van der Waals surface area contributed by atoms with Crippen LogP contribution in [0, 0.1) is 18.6 Å². The molecular formula is C12H10F2OS. The number of benzene rings is 1. The number of aliphatic hydroxyl groups is 1. The van der Waals surface area contributed by atoms with Crippen LogP contribution in [0.4, 0.5) is 8.78 Å². The second kappa shape index (κ2) is 4.31. The lowest BCUT2D eigenvalue weighted by Crippen LogP contribution is -1.98. The Labute approximate surface area is 96.0 Å². The fraction of sp³-hybridized carbons (Fsp3) is 0.167. The number of hydrogen-bond acceptors (Lipinski definition) is 2. The summed E-state index contributed by atoms with van der Waals surface area (Å²) in [5, 5.41) is 9.94. The Morgan fingerprint density at radius 3 is 2.44 bits per heavy atom. The van der Waals surface area contributed by atoms with Crippen molar-refractivity contribution in [2.45, 2.75) is 13.0 Å². The summed E-state index contributed by atoms with van der Waals surface area (Å²) >= 11 is 1.43. The zero-order valence-electron chi connectivity index (χ0n) is 8.58. The van der Waals surface area contributed by atoms with Crippen molar-refractivity contribution in [2.75, 3.05) is 0 Å². The topological polar surface area (TPSA) is 20.2 Å². The quantitative estimate of drug-likeness (QED) is 0.852. The van der Waals surface area contributed by atoms with E-state index in [4.69, 9.17) is 0 Å². The molecule has 0 radical (unpaired) electrons. The monoisotopic (exact) mass is 240 g/mol. The molecule has 1 aromatic heterocycles. The van der Waals surface area contributed by atoms with E-state index >= 15 is 0 Å². The number of rotatable bonds is 2. The van der Waals surface area contributed by atoms with E-state index in [1.165, 1.54) is 17.4 Å². The first kappa shape index (κ1) is 11.2. The van der Waals surface area contributed by atoms with Crippen molar-refractivity contribution in [3.8, 4) is 0 Å². The molecule has 0 spiro atoms. The highest BCUT2D eigenvalue weighted by atomic mass is 32.1. The van der Waals surface area contributed by atoms with E-state index in [-0.39, 0.29) is 0 Å². The molecule has 1 heterocycles. The van der Waals surface area contributed by atoms with Crippen LogP contribution in [0.25, 0.3) is 0 Å². The third-order valence-electron chi connectivity index (χ3n) is 2.29. The minimum Gasteiger partial charge on any atom is -0.383 e. The van der Waals surface area contributed by atoms with Crippen molar-refractivity contribution >= 4 is 11.3 Å². The molecule has 0 fully saturated rings. The molecule has 84 valence electrons. The molecule has 1 N–H and O–H groups in total. The zero-order valence-corrected chi connectivity index (χ0v) is 9.39. The van der Waals surface area contributed by atoms with Gasteiger partial charge < -0.3 is 5.11 Å². The number of aryl methyl sites for hydroxylation is 1. The molecule has 2 aromatic rings. The molecule has 2 rings (SSSR count). The van der Waals surface area contributed by atoms with Crippen molar-refractivity contribution in [2.24, 2.45) is 0 Å². The average molecular weight is 240 g/mol. The molecule has 1 atom stereocenters. The molecule has 0 saturated carbocycles. The molecule has 1 nitrogen and oxygen atoms in total. The Morgan fingerprint density at radius 1 is 1.12 bits per heavy atom. The fourth-order valence-electron chi connectivity index (χ4n) is 1.45. The van der Waals surface area contributed by atoms with Gasteiger partial charge in [-0.15, -0.1) is 11.3 Å². The van der Waals surface area contributed by atoms with Crippen molar-refractivity contribution in [3.05, 3.63) is 57.3 Å². The van der Waals surface area contributed by atoms with E-state index in [0.29, 0.717) is 5.56 Å². The molecule has 16 heavy (non-hydrogen) atoms. The number of thiophene rings is 1. The van der Waals surface area contributed by atoms with Crippen LogP contribution in [0.1, 0.15) is 21.4 Å². The SMILES string of the molecule is Cc1ccc([C@H](O)c2ccc(F)c(F)c2)s1. The second-order valence-corrected chi connectivity index (χ2v) is 4.84. The van der Waals surface area contributed by atoms with E-state index < -0.39 is 17.7 Å². The number of aliphatic hydroxyl groups excluding tert-OH is 1. The Hall–Kier alpha value is -1.26. The summed E-state index contributed by atoms with van der Waals surface area (Å²) in [7, 11) is 0. The van der Waals surface area contributed by atoms with Crippen LogP contribution in [0.3, 0.4) is 0 Å². The lowest BCUT2D eigenvalue weighted by Gasteiger charge is -2.08. The van der Waals surface area contributed by atoms with Crippen LogP contribution in [0.2, 0.25) is 0 Å². The largest absolute Gasteiger partial charge is 0.383 e. The van der Waals surface area contributed by atoms with Gasteiger partial charge in [0, 0.05) is 9.75 Å². The first-order chi connectivity index (χ1) is 7.58. The Morgan fingerprint density at radius 2 is 1.88 bits per heavy atom. The normalized spacial score (nSPS) is 12.8. The van der Waals surface area contributed by atoms with Gasteiger partial charge in [0.25, 0.3) is 0 Å². The highest BCUT2D eigenvalue weighted by Gasteiger charge is 2.14. The molecule has 0 aliphatic carbocycles. The van der Waals surface area contributed by atoms with E-state index in [1.807, 2.05) is 13.0 Å². The van der Waals surface area contributed by atoms with Crippen molar-refractivity contribution in [1.29, 1.82) is 0 Å². The molecule has 0 aliphatic heterocycles. The Balaban J connectivity index is 2.33. The highest BCUT2D eigenvalue weighted by Crippen LogP contribution is 2.28. The highest BCUT2D eigenvalue weighted by molar-refractivity contribution is 7.12. The van der Waals surface area contributed by atoms with Crippen molar-refractivity contribution in [3.63, 3.8) is 0 Å². The first-order valence-corrected chi connectivity index (χ1v) is 5.59. The summed E-state index contributed by atoms with van der Waals surface area (Å²) < 4.78 is 25.7. The lowest BCUT2D eigenvalue weighted by molar-refractivity contribution is 0.223. The van der Waals surface area contributed by atoms with Crippen LogP contribution in [0.5, 0.6) is 0 Å². The van der Waals surface area contributed by atoms with Crippen molar-refractivity contribution < 1.29 is 13.9 Å². The smallest absolute Gasteiger partial charge is 0.159 e. The van der Waals surface area contributed by atoms with Crippen LogP contribution < -0.4 is 0 Å². The number of halogens is 2. The van der Waals surface area contributed by atoms with Gasteiger partial charge in [0.2, 0.25) is 0 Å². The van der Waals surface area contributed by atoms with E-state index in [0.717, 1.165) is 21.9 Å². The van der Waals surface area contributed by atoms with Crippen LogP contribution in [-0.2, 0) is 0 Å². The summed E-state index contributed by atoms with van der Waals surface area (Å²) in [6.07, 6.45) is -0.895. The average Bonchev–Trinajstić information content (AvgIpc) is 2.68. The summed E-state index contributed by atoms with van der Waals surface area (Å²) in [4.78, 5) is 1.79. The minimum atomic E-state index is -0.940. The van der Waals surface area contributed by atoms with Gasteiger partial charge in [0.05, 0.1) is 0 Å². The molecule has 0 amide bonds. The van der Waals surface area contributed by atoms with E-state index in [9.17, 15) is 13.9 Å². The molecule has 0 bridgehead atoms. The Kier molecular flexibility index (Phi) is 3.03. The van der Waals surface area contributed by atoms with Gasteiger partial charge in [0.1, 0.15) is 6.10 Å². The predicted molar refractivity (Wildman–Crippen MR) is 59.5 cm³/mol. The summed E-state index contributed by atoms with van der Waals surface area (Å²) in [6, 6.07) is 7.09. The first-order valence-electron chi connectivity index (χ1n) is 4.77. The third kappa shape index (κ3) is 2.13. The standard InChI is InChI=1S/C12H10F2OS/c1-7-2-5-11(16-7)12(15)8-3-4-9(13)10(14)6-8/h2-6,12,15H,1H3/t12-/m1/s1. The molecular weight excluding hydrogens is 230 g/mol. The minimum absolute atomic E-state index is 0.362. The summed E-state index contributed by atoms with van der Waals surface area (Å²) in [6.45, 7) is 1.92. The van der Waals surface area contributed by atoms with E-state index in [1.54, 1.807) is 6.07 Å². The maximum atomic E-state index is 13.0. The van der Waals surface area contributed by atoms with Gasteiger partial charge in [-0.3, -0.25) is 0 Å². The van der Waals surface area contributed by atoms with Gasteiger partial charge in [-0.1, -0.05) is 6.07 Å². The van der Waals surface area contributed by atoms with Crippen LogP contribution >= 0.6 is 11.3 Å². The maximum Gasteiger partial charge on any atom is 0.159 e. The summed E-state index contributed by atoms with van der Waals surface area (Å²) in [5.41, 5.74) is 0.362. The Bertz CT molecular complexity index is 507. The molecule has 0 aliphatic rings.